The highest BCUT2D eigenvalue weighted by Gasteiger charge is 2.18. The van der Waals surface area contributed by atoms with Crippen molar-refractivity contribution in [1.29, 1.82) is 0 Å². The first kappa shape index (κ1) is 20.5. The second kappa shape index (κ2) is 8.68. The highest BCUT2D eigenvalue weighted by atomic mass is 16.5. The first-order valence-electron chi connectivity index (χ1n) is 11.3. The highest BCUT2D eigenvalue weighted by Crippen LogP contribution is 2.27. The Morgan fingerprint density at radius 3 is 2.71 bits per heavy atom. The number of hydrogen-bond acceptors (Lipinski definition) is 7. The molecule has 9 nitrogen and oxygen atoms in total. The van der Waals surface area contributed by atoms with Crippen LogP contribution in [-0.2, 0) is 18.3 Å². The van der Waals surface area contributed by atoms with Gasteiger partial charge in [0.25, 0.3) is 0 Å². The van der Waals surface area contributed by atoms with Crippen LogP contribution >= 0.6 is 0 Å². The Morgan fingerprint density at radius 1 is 1.00 bits per heavy atom. The predicted molar refractivity (Wildman–Crippen MR) is 130 cm³/mol. The fourth-order valence-electron chi connectivity index (χ4n) is 4.27. The van der Waals surface area contributed by atoms with Gasteiger partial charge in [-0.3, -0.25) is 4.98 Å². The normalized spacial score (nSPS) is 14.6. The highest BCUT2D eigenvalue weighted by molar-refractivity contribution is 5.80. The lowest BCUT2D eigenvalue weighted by Crippen LogP contribution is -2.37. The fraction of sp³-hybridized carbons (Fsp3) is 0.240. The summed E-state index contributed by atoms with van der Waals surface area (Å²) >= 11 is 0. The van der Waals surface area contributed by atoms with Crippen LogP contribution in [0.3, 0.4) is 0 Å². The summed E-state index contributed by atoms with van der Waals surface area (Å²) in [7, 11) is 2.05. The second-order valence-corrected chi connectivity index (χ2v) is 8.33. The topological polar surface area (TPSA) is 85.2 Å². The maximum absolute atomic E-state index is 5.55. The summed E-state index contributed by atoms with van der Waals surface area (Å²) in [5, 5.41) is 15.0. The lowest BCUT2D eigenvalue weighted by Gasteiger charge is -2.28. The van der Waals surface area contributed by atoms with Crippen molar-refractivity contribution in [3.8, 4) is 11.3 Å². The molecule has 1 aromatic carbocycles. The third-order valence-corrected chi connectivity index (χ3v) is 6.09. The molecule has 5 aromatic rings. The number of hydrogen-bond donors (Lipinski definition) is 0. The Kier molecular flexibility index (Phi) is 5.23. The predicted octanol–water partition coefficient (Wildman–Crippen LogP) is 4.40. The largest absolute Gasteiger partial charge is 0.378 e. The van der Waals surface area contributed by atoms with Crippen molar-refractivity contribution in [1.82, 2.24) is 24.1 Å². The van der Waals surface area contributed by atoms with Crippen molar-refractivity contribution in [2.24, 2.45) is 17.3 Å². The molecule has 170 valence electrons. The monoisotopic (exact) mass is 452 g/mol. The van der Waals surface area contributed by atoms with E-state index in [1.807, 2.05) is 35.8 Å². The molecule has 9 heteroatoms. The Morgan fingerprint density at radius 2 is 1.85 bits per heavy atom. The molecular formula is C25H24N8O. The first-order chi connectivity index (χ1) is 16.7. The van der Waals surface area contributed by atoms with E-state index in [4.69, 9.17) is 14.8 Å². The van der Waals surface area contributed by atoms with Gasteiger partial charge < -0.3 is 14.2 Å². The molecule has 0 bridgehead atoms. The van der Waals surface area contributed by atoms with E-state index in [1.165, 1.54) is 10.9 Å². The van der Waals surface area contributed by atoms with Gasteiger partial charge in [0.05, 0.1) is 25.5 Å². The Bertz CT molecular complexity index is 1480. The quantitative estimate of drug-likeness (QED) is 0.369. The summed E-state index contributed by atoms with van der Waals surface area (Å²) in [6.45, 7) is 3.43. The molecular weight excluding hydrogens is 428 g/mol. The van der Waals surface area contributed by atoms with Gasteiger partial charge in [-0.15, -0.1) is 5.11 Å². The van der Waals surface area contributed by atoms with Gasteiger partial charge in [-0.1, -0.05) is 12.1 Å². The van der Waals surface area contributed by atoms with Crippen LogP contribution in [0.4, 0.5) is 11.6 Å². The number of nitrogens with zero attached hydrogens (tertiary/aromatic N) is 8. The van der Waals surface area contributed by atoms with E-state index in [-0.39, 0.29) is 0 Å². The molecule has 6 rings (SSSR count). The van der Waals surface area contributed by atoms with Crippen LogP contribution in [-0.4, -0.2) is 50.5 Å². The molecule has 0 aliphatic carbocycles. The van der Waals surface area contributed by atoms with Crippen molar-refractivity contribution < 1.29 is 4.74 Å². The number of benzene rings is 1. The van der Waals surface area contributed by atoms with Crippen LogP contribution in [0.15, 0.2) is 77.3 Å². The van der Waals surface area contributed by atoms with E-state index in [9.17, 15) is 0 Å². The number of pyridine rings is 1. The van der Waals surface area contributed by atoms with Crippen molar-refractivity contribution in [3.05, 3.63) is 72.7 Å². The minimum Gasteiger partial charge on any atom is -0.378 e. The van der Waals surface area contributed by atoms with Gasteiger partial charge in [0, 0.05) is 61.9 Å². The molecule has 1 aliphatic rings. The Hall–Kier alpha value is -4.11. The lowest BCUT2D eigenvalue weighted by atomic mass is 10.2. The van der Waals surface area contributed by atoms with E-state index in [0.29, 0.717) is 25.6 Å². The molecule has 0 atom stereocenters. The fourth-order valence-corrected chi connectivity index (χ4v) is 4.27. The first-order valence-corrected chi connectivity index (χ1v) is 11.3. The zero-order valence-electron chi connectivity index (χ0n) is 18.9. The minimum atomic E-state index is 0.488. The van der Waals surface area contributed by atoms with Crippen LogP contribution in [0.25, 0.3) is 27.8 Å². The standard InChI is InChI=1S/C25H24N8O/c1-31-9-6-20-3-2-18(14-22(20)31)17-27-29-23-16-25(32-10-12-34-13-11-32)33-24(28-23)15-21(30-33)19-4-7-26-8-5-19/h2-9,14-16H,10-13,17H2,1H3. The zero-order valence-corrected chi connectivity index (χ0v) is 18.9. The van der Waals surface area contributed by atoms with Crippen LogP contribution in [0.2, 0.25) is 0 Å². The molecule has 5 heterocycles. The van der Waals surface area contributed by atoms with E-state index in [2.05, 4.69) is 55.1 Å². The van der Waals surface area contributed by atoms with E-state index in [1.54, 1.807) is 12.4 Å². The van der Waals surface area contributed by atoms with Crippen molar-refractivity contribution in [2.75, 3.05) is 31.2 Å². The molecule has 1 saturated heterocycles. The van der Waals surface area contributed by atoms with Gasteiger partial charge in [0.2, 0.25) is 0 Å². The maximum atomic E-state index is 5.55. The maximum Gasteiger partial charge on any atom is 0.179 e. The van der Waals surface area contributed by atoms with E-state index >= 15 is 0 Å². The van der Waals surface area contributed by atoms with Crippen molar-refractivity contribution in [3.63, 3.8) is 0 Å². The summed E-state index contributed by atoms with van der Waals surface area (Å²) < 4.78 is 9.54. The number of morpholine rings is 1. The number of rotatable bonds is 5. The second-order valence-electron chi connectivity index (χ2n) is 8.33. The Labute approximate surface area is 196 Å². The average molecular weight is 453 g/mol. The zero-order chi connectivity index (χ0) is 22.9. The van der Waals surface area contributed by atoms with Gasteiger partial charge >= 0.3 is 0 Å². The van der Waals surface area contributed by atoms with E-state index < -0.39 is 0 Å². The number of aromatic nitrogens is 5. The molecule has 34 heavy (non-hydrogen) atoms. The average Bonchev–Trinajstić information content (AvgIpc) is 3.48. The summed E-state index contributed by atoms with van der Waals surface area (Å²) in [5.74, 6) is 1.50. The molecule has 0 radical (unpaired) electrons. The molecule has 4 aromatic heterocycles. The van der Waals surface area contributed by atoms with Crippen LogP contribution < -0.4 is 4.90 Å². The van der Waals surface area contributed by atoms with Crippen LogP contribution in [0, 0.1) is 0 Å². The lowest BCUT2D eigenvalue weighted by molar-refractivity contribution is 0.122. The molecule has 0 N–H and O–H groups in total. The van der Waals surface area contributed by atoms with Gasteiger partial charge in [0.1, 0.15) is 5.82 Å². The number of fused-ring (bicyclic) bond motifs is 2. The smallest absolute Gasteiger partial charge is 0.179 e. The molecule has 0 amide bonds. The van der Waals surface area contributed by atoms with Gasteiger partial charge in [-0.2, -0.15) is 14.7 Å². The summed E-state index contributed by atoms with van der Waals surface area (Å²) in [5.41, 5.74) is 4.86. The molecule has 1 aliphatic heterocycles. The van der Waals surface area contributed by atoms with Crippen LogP contribution in [0.5, 0.6) is 0 Å². The molecule has 0 saturated carbocycles. The SMILES string of the molecule is Cn1ccc2ccc(CN=Nc3cc(N4CCOCC4)n4nc(-c5ccncc5)cc4n3)cc21. The number of ether oxygens (including phenoxy) is 1. The number of azo groups is 1. The summed E-state index contributed by atoms with van der Waals surface area (Å²) in [6, 6.07) is 16.3. The number of anilines is 1. The summed E-state index contributed by atoms with van der Waals surface area (Å²) in [6.07, 6.45) is 5.60. The molecule has 1 fully saturated rings. The van der Waals surface area contributed by atoms with E-state index in [0.717, 1.165) is 41.4 Å². The van der Waals surface area contributed by atoms with Crippen LogP contribution in [0.1, 0.15) is 5.56 Å². The third-order valence-electron chi connectivity index (χ3n) is 6.09. The third kappa shape index (κ3) is 3.90. The summed E-state index contributed by atoms with van der Waals surface area (Å²) in [4.78, 5) is 11.1. The van der Waals surface area contributed by atoms with Gasteiger partial charge in [0.15, 0.2) is 11.5 Å². The molecule has 0 spiro atoms. The Balaban J connectivity index is 1.34. The number of aryl methyl sites for hydroxylation is 1. The van der Waals surface area contributed by atoms with Gasteiger partial charge in [-0.25, -0.2) is 4.98 Å². The van der Waals surface area contributed by atoms with Crippen molar-refractivity contribution >= 4 is 28.2 Å². The minimum absolute atomic E-state index is 0.488. The van der Waals surface area contributed by atoms with Gasteiger partial charge in [-0.05, 0) is 35.2 Å². The molecule has 0 unspecified atom stereocenters. The van der Waals surface area contributed by atoms with Crippen molar-refractivity contribution in [2.45, 2.75) is 6.54 Å².